The van der Waals surface area contributed by atoms with Gasteiger partial charge in [-0.1, -0.05) is 11.6 Å². The van der Waals surface area contributed by atoms with E-state index in [1.807, 2.05) is 0 Å². The number of nitro groups is 1. The standard InChI is InChI=1S/C13H10ClN3O2/c14-12-7-11(8-1-2-8)15-13(16-12)9-3-5-10(6-4-9)17(18)19/h3-8H,1-2H2. The molecule has 1 aromatic carbocycles. The summed E-state index contributed by atoms with van der Waals surface area (Å²) in [5.41, 5.74) is 1.73. The van der Waals surface area contributed by atoms with Crippen molar-refractivity contribution in [1.29, 1.82) is 0 Å². The summed E-state index contributed by atoms with van der Waals surface area (Å²) in [6.07, 6.45) is 2.26. The van der Waals surface area contributed by atoms with Crippen molar-refractivity contribution in [3.8, 4) is 11.4 Å². The second-order valence-electron chi connectivity index (χ2n) is 4.52. The molecule has 1 saturated carbocycles. The molecule has 96 valence electrons. The van der Waals surface area contributed by atoms with Gasteiger partial charge in [0.15, 0.2) is 5.82 Å². The first-order chi connectivity index (χ1) is 9.13. The first-order valence-electron chi connectivity index (χ1n) is 5.93. The zero-order valence-electron chi connectivity index (χ0n) is 9.91. The quantitative estimate of drug-likeness (QED) is 0.488. The van der Waals surface area contributed by atoms with Gasteiger partial charge in [0.2, 0.25) is 0 Å². The highest BCUT2D eigenvalue weighted by molar-refractivity contribution is 6.29. The Labute approximate surface area is 114 Å². The van der Waals surface area contributed by atoms with Gasteiger partial charge in [0.05, 0.1) is 4.92 Å². The van der Waals surface area contributed by atoms with Crippen LogP contribution in [0.1, 0.15) is 24.5 Å². The van der Waals surface area contributed by atoms with Crippen molar-refractivity contribution in [3.05, 3.63) is 51.3 Å². The lowest BCUT2D eigenvalue weighted by atomic mass is 10.2. The zero-order valence-corrected chi connectivity index (χ0v) is 10.7. The van der Waals surface area contributed by atoms with E-state index in [-0.39, 0.29) is 5.69 Å². The highest BCUT2D eigenvalue weighted by Gasteiger charge is 2.26. The van der Waals surface area contributed by atoms with Crippen molar-refractivity contribution < 1.29 is 4.92 Å². The van der Waals surface area contributed by atoms with Crippen LogP contribution < -0.4 is 0 Å². The number of hydrogen-bond acceptors (Lipinski definition) is 4. The Hall–Kier alpha value is -2.01. The fourth-order valence-corrected chi connectivity index (χ4v) is 2.08. The highest BCUT2D eigenvalue weighted by Crippen LogP contribution is 2.40. The molecule has 1 heterocycles. The third kappa shape index (κ3) is 2.56. The van der Waals surface area contributed by atoms with Gasteiger partial charge in [0.25, 0.3) is 5.69 Å². The molecule has 3 rings (SSSR count). The summed E-state index contributed by atoms with van der Waals surface area (Å²) in [6.45, 7) is 0. The van der Waals surface area contributed by atoms with Crippen molar-refractivity contribution in [2.75, 3.05) is 0 Å². The molecule has 5 nitrogen and oxygen atoms in total. The van der Waals surface area contributed by atoms with Crippen LogP contribution in [0.5, 0.6) is 0 Å². The van der Waals surface area contributed by atoms with Crippen LogP contribution in [-0.2, 0) is 0 Å². The number of rotatable bonds is 3. The summed E-state index contributed by atoms with van der Waals surface area (Å²) >= 11 is 5.99. The van der Waals surface area contributed by atoms with E-state index in [9.17, 15) is 10.1 Å². The van der Waals surface area contributed by atoms with Gasteiger partial charge in [-0.3, -0.25) is 10.1 Å². The Kier molecular flexibility index (Phi) is 2.91. The smallest absolute Gasteiger partial charge is 0.258 e. The van der Waals surface area contributed by atoms with Crippen molar-refractivity contribution in [2.24, 2.45) is 0 Å². The molecule has 0 bridgehead atoms. The predicted octanol–water partition coefficient (Wildman–Crippen LogP) is 3.58. The molecular weight excluding hydrogens is 266 g/mol. The summed E-state index contributed by atoms with van der Waals surface area (Å²) < 4.78 is 0. The van der Waals surface area contributed by atoms with E-state index in [2.05, 4.69) is 9.97 Å². The number of non-ortho nitro benzene ring substituents is 1. The van der Waals surface area contributed by atoms with Crippen molar-refractivity contribution in [2.45, 2.75) is 18.8 Å². The van der Waals surface area contributed by atoms with E-state index in [0.29, 0.717) is 16.9 Å². The Balaban J connectivity index is 1.98. The van der Waals surface area contributed by atoms with Crippen molar-refractivity contribution >= 4 is 17.3 Å². The molecule has 0 spiro atoms. The van der Waals surface area contributed by atoms with Gasteiger partial charge in [-0.15, -0.1) is 0 Å². The topological polar surface area (TPSA) is 68.9 Å². The zero-order chi connectivity index (χ0) is 13.4. The molecule has 1 aromatic heterocycles. The van der Waals surface area contributed by atoms with E-state index >= 15 is 0 Å². The van der Waals surface area contributed by atoms with Crippen molar-refractivity contribution in [1.82, 2.24) is 9.97 Å². The second-order valence-corrected chi connectivity index (χ2v) is 4.90. The minimum absolute atomic E-state index is 0.0493. The number of hydrogen-bond donors (Lipinski definition) is 0. The number of halogens is 1. The second kappa shape index (κ2) is 4.59. The van der Waals surface area contributed by atoms with Gasteiger partial charge in [-0.05, 0) is 31.0 Å². The van der Waals surface area contributed by atoms with Gasteiger partial charge < -0.3 is 0 Å². The van der Waals surface area contributed by atoms with Gasteiger partial charge in [0, 0.05) is 29.3 Å². The minimum atomic E-state index is -0.432. The lowest BCUT2D eigenvalue weighted by Crippen LogP contribution is -1.95. The van der Waals surface area contributed by atoms with Crippen LogP contribution in [0.15, 0.2) is 30.3 Å². The third-order valence-electron chi connectivity index (χ3n) is 3.05. The normalized spacial score (nSPS) is 14.4. The highest BCUT2D eigenvalue weighted by atomic mass is 35.5. The van der Waals surface area contributed by atoms with Gasteiger partial charge in [0.1, 0.15) is 5.15 Å². The number of aromatic nitrogens is 2. The summed E-state index contributed by atoms with van der Waals surface area (Å²) in [4.78, 5) is 18.8. The van der Waals surface area contributed by atoms with E-state index < -0.39 is 4.92 Å². The van der Waals surface area contributed by atoms with Crippen LogP contribution in [-0.4, -0.2) is 14.9 Å². The summed E-state index contributed by atoms with van der Waals surface area (Å²) in [5.74, 6) is 1.00. The molecule has 2 aromatic rings. The summed E-state index contributed by atoms with van der Waals surface area (Å²) in [5, 5.41) is 11.0. The molecule has 0 aliphatic heterocycles. The average molecular weight is 276 g/mol. The summed E-state index contributed by atoms with van der Waals surface area (Å²) in [7, 11) is 0. The van der Waals surface area contributed by atoms with Crippen LogP contribution in [0.25, 0.3) is 11.4 Å². The minimum Gasteiger partial charge on any atom is -0.258 e. The Morgan fingerprint density at radius 1 is 1.21 bits per heavy atom. The maximum atomic E-state index is 10.6. The van der Waals surface area contributed by atoms with Gasteiger partial charge >= 0.3 is 0 Å². The number of benzene rings is 1. The lowest BCUT2D eigenvalue weighted by Gasteiger charge is -2.04. The maximum Gasteiger partial charge on any atom is 0.269 e. The van der Waals surface area contributed by atoms with Gasteiger partial charge in [-0.25, -0.2) is 9.97 Å². The Bertz CT molecular complexity index is 639. The maximum absolute atomic E-state index is 10.6. The first-order valence-corrected chi connectivity index (χ1v) is 6.30. The molecule has 0 atom stereocenters. The SMILES string of the molecule is O=[N+]([O-])c1ccc(-c2nc(Cl)cc(C3CC3)n2)cc1. The van der Waals surface area contributed by atoms with Crippen LogP contribution in [0.4, 0.5) is 5.69 Å². The van der Waals surface area contributed by atoms with E-state index in [4.69, 9.17) is 11.6 Å². The van der Waals surface area contributed by atoms with Crippen LogP contribution in [0, 0.1) is 10.1 Å². The van der Waals surface area contributed by atoms with Crippen LogP contribution in [0.2, 0.25) is 5.15 Å². The van der Waals surface area contributed by atoms with Crippen LogP contribution >= 0.6 is 11.6 Å². The molecule has 1 aliphatic rings. The third-order valence-corrected chi connectivity index (χ3v) is 3.24. The van der Waals surface area contributed by atoms with Crippen LogP contribution in [0.3, 0.4) is 0 Å². The largest absolute Gasteiger partial charge is 0.269 e. The Morgan fingerprint density at radius 3 is 2.47 bits per heavy atom. The Morgan fingerprint density at radius 2 is 1.89 bits per heavy atom. The summed E-state index contributed by atoms with van der Waals surface area (Å²) in [6, 6.07) is 7.95. The molecule has 0 N–H and O–H groups in total. The van der Waals surface area contributed by atoms with E-state index in [1.54, 1.807) is 18.2 Å². The van der Waals surface area contributed by atoms with Crippen molar-refractivity contribution in [3.63, 3.8) is 0 Å². The fourth-order valence-electron chi connectivity index (χ4n) is 1.88. The molecule has 6 heteroatoms. The molecular formula is C13H10ClN3O2. The van der Waals surface area contributed by atoms with Gasteiger partial charge in [-0.2, -0.15) is 0 Å². The average Bonchev–Trinajstić information content (AvgIpc) is 3.22. The number of nitrogens with zero attached hydrogens (tertiary/aromatic N) is 3. The fraction of sp³-hybridized carbons (Fsp3) is 0.231. The molecule has 19 heavy (non-hydrogen) atoms. The van der Waals surface area contributed by atoms with E-state index in [1.165, 1.54) is 12.1 Å². The molecule has 0 saturated heterocycles. The lowest BCUT2D eigenvalue weighted by molar-refractivity contribution is -0.384. The first kappa shape index (κ1) is 12.0. The monoisotopic (exact) mass is 275 g/mol. The molecule has 1 aliphatic carbocycles. The molecule has 0 radical (unpaired) electrons. The predicted molar refractivity (Wildman–Crippen MR) is 71.1 cm³/mol. The molecule has 1 fully saturated rings. The molecule has 0 unspecified atom stereocenters. The molecule has 0 amide bonds. The van der Waals surface area contributed by atoms with E-state index in [0.717, 1.165) is 24.1 Å². The number of nitro benzene ring substituents is 1.